The number of aromatic carboxylic acids is 1. The highest BCUT2D eigenvalue weighted by molar-refractivity contribution is 6.00. The van der Waals surface area contributed by atoms with Gasteiger partial charge in [-0.25, -0.2) is 9.59 Å². The van der Waals surface area contributed by atoms with Gasteiger partial charge in [-0.3, -0.25) is 4.57 Å². The molecule has 1 aromatic carbocycles. The third-order valence-electron chi connectivity index (χ3n) is 4.31. The van der Waals surface area contributed by atoms with Crippen molar-refractivity contribution in [1.29, 1.82) is 0 Å². The first-order valence-electron chi connectivity index (χ1n) is 6.54. The van der Waals surface area contributed by atoms with Crippen LogP contribution in [-0.4, -0.2) is 33.3 Å². The van der Waals surface area contributed by atoms with Crippen LogP contribution in [0.5, 0.6) is 0 Å². The van der Waals surface area contributed by atoms with Crippen LogP contribution in [0.4, 0.5) is 0 Å². The molecule has 1 aromatic heterocycles. The van der Waals surface area contributed by atoms with E-state index in [1.54, 1.807) is 16.7 Å². The summed E-state index contributed by atoms with van der Waals surface area (Å²) in [6.45, 7) is 4.49. The smallest absolute Gasteiger partial charge is 0.337 e. The Kier molecular flexibility index (Phi) is 2.72. The van der Waals surface area contributed by atoms with Crippen molar-refractivity contribution in [3.63, 3.8) is 0 Å². The molecule has 6 nitrogen and oxygen atoms in total. The Bertz CT molecular complexity index is 745. The van der Waals surface area contributed by atoms with Crippen molar-refractivity contribution in [1.82, 2.24) is 9.55 Å². The first kappa shape index (κ1) is 12.9. The number of rotatable bonds is 2. The van der Waals surface area contributed by atoms with Gasteiger partial charge in [-0.05, 0) is 32.4 Å². The minimum absolute atomic E-state index is 0.104. The second-order valence-corrected chi connectivity index (χ2v) is 5.39. The average Bonchev–Trinajstić information content (AvgIpc) is 2.89. The van der Waals surface area contributed by atoms with Crippen molar-refractivity contribution >= 4 is 17.0 Å². The van der Waals surface area contributed by atoms with Gasteiger partial charge in [0.2, 0.25) is 0 Å². The molecule has 1 fully saturated rings. The number of hydrogen-bond donors (Lipinski definition) is 2. The molecule has 106 valence electrons. The molecular formula is C14H16N2O4. The number of imidazole rings is 1. The molecule has 0 amide bonds. The van der Waals surface area contributed by atoms with Crippen molar-refractivity contribution in [2.75, 3.05) is 6.61 Å². The maximum Gasteiger partial charge on any atom is 0.337 e. The zero-order chi connectivity index (χ0) is 14.5. The fourth-order valence-electron chi connectivity index (χ4n) is 2.93. The van der Waals surface area contributed by atoms with Gasteiger partial charge in [0.05, 0.1) is 28.2 Å². The van der Waals surface area contributed by atoms with E-state index in [0.29, 0.717) is 17.6 Å². The highest BCUT2D eigenvalue weighted by Crippen LogP contribution is 2.34. The van der Waals surface area contributed by atoms with Gasteiger partial charge >= 0.3 is 11.7 Å². The predicted octanol–water partition coefficient (Wildman–Crippen LogP) is 1.55. The molecule has 3 rings (SSSR count). The van der Waals surface area contributed by atoms with E-state index in [9.17, 15) is 14.7 Å². The largest absolute Gasteiger partial charge is 0.478 e. The number of H-pyrrole nitrogens is 1. The lowest BCUT2D eigenvalue weighted by molar-refractivity contribution is 0.0699. The molecule has 0 spiro atoms. The van der Waals surface area contributed by atoms with Crippen molar-refractivity contribution in [2.45, 2.75) is 31.9 Å². The molecule has 1 aliphatic rings. The normalized spacial score (nSPS) is 26.2. The van der Waals surface area contributed by atoms with E-state index in [1.807, 2.05) is 13.8 Å². The van der Waals surface area contributed by atoms with Crippen LogP contribution in [0, 0.1) is 0 Å². The molecule has 6 heteroatoms. The Morgan fingerprint density at radius 2 is 2.30 bits per heavy atom. The summed E-state index contributed by atoms with van der Waals surface area (Å²) in [6, 6.07) is 4.90. The minimum Gasteiger partial charge on any atom is -0.478 e. The second-order valence-electron chi connectivity index (χ2n) is 5.39. The van der Waals surface area contributed by atoms with Crippen LogP contribution in [-0.2, 0) is 10.3 Å². The topological polar surface area (TPSA) is 84.3 Å². The van der Waals surface area contributed by atoms with Crippen molar-refractivity contribution < 1.29 is 14.6 Å². The molecule has 0 bridgehead atoms. The number of fused-ring (bicyclic) bond motifs is 1. The second kappa shape index (κ2) is 4.21. The predicted molar refractivity (Wildman–Crippen MR) is 73.2 cm³/mol. The maximum atomic E-state index is 12.3. The zero-order valence-electron chi connectivity index (χ0n) is 11.3. The Labute approximate surface area is 115 Å². The van der Waals surface area contributed by atoms with E-state index in [1.165, 1.54) is 6.07 Å². The van der Waals surface area contributed by atoms with E-state index in [0.717, 1.165) is 6.42 Å². The number of ether oxygens (including phenoxy) is 1. The monoisotopic (exact) mass is 276 g/mol. The van der Waals surface area contributed by atoms with Crippen molar-refractivity contribution in [3.05, 3.63) is 34.2 Å². The number of aromatic amines is 1. The Morgan fingerprint density at radius 1 is 1.55 bits per heavy atom. The van der Waals surface area contributed by atoms with Crippen LogP contribution in [0.15, 0.2) is 23.0 Å². The number of para-hydroxylation sites is 1. The number of nitrogens with one attached hydrogen (secondary N) is 1. The Hall–Kier alpha value is -2.08. The maximum absolute atomic E-state index is 12.3. The summed E-state index contributed by atoms with van der Waals surface area (Å²) < 4.78 is 7.22. The van der Waals surface area contributed by atoms with Gasteiger partial charge in [-0.15, -0.1) is 0 Å². The minimum atomic E-state index is -1.05. The number of carbonyl (C=O) groups is 1. The molecule has 2 N–H and O–H groups in total. The summed E-state index contributed by atoms with van der Waals surface area (Å²) in [6.07, 6.45) is 0.617. The quantitative estimate of drug-likeness (QED) is 0.871. The number of hydrogen-bond acceptors (Lipinski definition) is 3. The number of carboxylic acid groups (broad SMARTS) is 1. The summed E-state index contributed by atoms with van der Waals surface area (Å²) in [4.78, 5) is 26.2. The van der Waals surface area contributed by atoms with Crippen LogP contribution in [0.3, 0.4) is 0 Å². The lowest BCUT2D eigenvalue weighted by atomic mass is 9.94. The summed E-state index contributed by atoms with van der Waals surface area (Å²) in [5.41, 5.74) is 0.314. The standard InChI is InChI=1S/C14H16N2O4/c1-8-14(2,6-7-20-8)16-10-5-3-4-9(12(17)18)11(10)15-13(16)19/h3-5,8H,6-7H2,1-2H3,(H,15,19)(H,17,18). The fourth-order valence-corrected chi connectivity index (χ4v) is 2.93. The number of carboxylic acids is 1. The van der Waals surface area contributed by atoms with Gasteiger partial charge in [-0.2, -0.15) is 0 Å². The molecule has 2 unspecified atom stereocenters. The summed E-state index contributed by atoms with van der Waals surface area (Å²) in [5, 5.41) is 9.21. The van der Waals surface area contributed by atoms with Crippen LogP contribution in [0.25, 0.3) is 11.0 Å². The van der Waals surface area contributed by atoms with Crippen LogP contribution >= 0.6 is 0 Å². The molecule has 2 aromatic rings. The fraction of sp³-hybridized carbons (Fsp3) is 0.429. The van der Waals surface area contributed by atoms with Crippen molar-refractivity contribution in [2.24, 2.45) is 0 Å². The van der Waals surface area contributed by atoms with Crippen LogP contribution in [0.1, 0.15) is 30.6 Å². The highest BCUT2D eigenvalue weighted by Gasteiger charge is 2.41. The summed E-state index contributed by atoms with van der Waals surface area (Å²) in [7, 11) is 0. The molecule has 0 saturated carbocycles. The van der Waals surface area contributed by atoms with Gasteiger partial charge in [0.25, 0.3) is 0 Å². The van der Waals surface area contributed by atoms with Crippen LogP contribution in [0.2, 0.25) is 0 Å². The highest BCUT2D eigenvalue weighted by atomic mass is 16.5. The number of nitrogens with zero attached hydrogens (tertiary/aromatic N) is 1. The third-order valence-corrected chi connectivity index (χ3v) is 4.31. The van der Waals surface area contributed by atoms with E-state index < -0.39 is 11.5 Å². The molecule has 0 aliphatic carbocycles. The molecule has 2 heterocycles. The van der Waals surface area contributed by atoms with Gasteiger partial charge in [0, 0.05) is 6.61 Å². The molecule has 0 radical (unpaired) electrons. The Balaban J connectivity index is 2.33. The van der Waals surface area contributed by atoms with Crippen molar-refractivity contribution in [3.8, 4) is 0 Å². The lowest BCUT2D eigenvalue weighted by Crippen LogP contribution is -2.42. The molecule has 2 atom stereocenters. The van der Waals surface area contributed by atoms with Gasteiger partial charge in [0.15, 0.2) is 0 Å². The zero-order valence-corrected chi connectivity index (χ0v) is 11.3. The summed E-state index contributed by atoms with van der Waals surface area (Å²) in [5.74, 6) is -1.05. The first-order chi connectivity index (χ1) is 9.45. The van der Waals surface area contributed by atoms with Crippen LogP contribution < -0.4 is 5.69 Å². The molecule has 1 aliphatic heterocycles. The van der Waals surface area contributed by atoms with Gasteiger partial charge in [0.1, 0.15) is 0 Å². The van der Waals surface area contributed by atoms with E-state index in [2.05, 4.69) is 4.98 Å². The Morgan fingerprint density at radius 3 is 2.90 bits per heavy atom. The van der Waals surface area contributed by atoms with E-state index in [-0.39, 0.29) is 17.4 Å². The first-order valence-corrected chi connectivity index (χ1v) is 6.54. The molecule has 1 saturated heterocycles. The molecular weight excluding hydrogens is 260 g/mol. The number of benzene rings is 1. The third kappa shape index (κ3) is 1.61. The molecule has 20 heavy (non-hydrogen) atoms. The van der Waals surface area contributed by atoms with E-state index in [4.69, 9.17) is 4.74 Å². The van der Waals surface area contributed by atoms with Gasteiger partial charge < -0.3 is 14.8 Å². The average molecular weight is 276 g/mol. The van der Waals surface area contributed by atoms with Gasteiger partial charge in [-0.1, -0.05) is 6.07 Å². The lowest BCUT2D eigenvalue weighted by Gasteiger charge is -2.29. The van der Waals surface area contributed by atoms with E-state index >= 15 is 0 Å². The SMILES string of the molecule is CC1OCCC1(C)n1c(=O)[nH]c2c(C(=O)O)cccc21. The summed E-state index contributed by atoms with van der Waals surface area (Å²) >= 11 is 0. The number of aromatic nitrogens is 2.